The molecule has 144 valence electrons. The number of non-ortho nitro benzene ring substituents is 1. The van der Waals surface area contributed by atoms with Crippen molar-refractivity contribution in [3.63, 3.8) is 0 Å². The predicted octanol–water partition coefficient (Wildman–Crippen LogP) is 3.65. The average molecular weight is 382 g/mol. The van der Waals surface area contributed by atoms with Crippen LogP contribution in [0.25, 0.3) is 5.69 Å². The van der Waals surface area contributed by atoms with Crippen LogP contribution in [0.2, 0.25) is 0 Å². The van der Waals surface area contributed by atoms with Gasteiger partial charge in [-0.25, -0.2) is 9.07 Å². The summed E-state index contributed by atoms with van der Waals surface area (Å²) in [6.45, 7) is 3.73. The highest BCUT2D eigenvalue weighted by molar-refractivity contribution is 5.79. The zero-order chi connectivity index (χ0) is 20.3. The number of carbonyl (C=O) groups excluding carboxylic acids is 1. The lowest BCUT2D eigenvalue weighted by Gasteiger charge is -2.14. The molecule has 3 rings (SSSR count). The van der Waals surface area contributed by atoms with Gasteiger partial charge in [0.2, 0.25) is 5.91 Å². The van der Waals surface area contributed by atoms with Gasteiger partial charge in [-0.05, 0) is 43.7 Å². The van der Waals surface area contributed by atoms with Gasteiger partial charge in [0.15, 0.2) is 0 Å². The maximum absolute atomic E-state index is 13.1. The zero-order valence-electron chi connectivity index (χ0n) is 15.4. The summed E-state index contributed by atoms with van der Waals surface area (Å²) in [5, 5.41) is 17.9. The van der Waals surface area contributed by atoms with Crippen molar-refractivity contribution >= 4 is 11.6 Å². The van der Waals surface area contributed by atoms with Gasteiger partial charge in [-0.2, -0.15) is 5.10 Å². The van der Waals surface area contributed by atoms with E-state index in [9.17, 15) is 19.3 Å². The number of nitro groups is 1. The molecule has 0 spiro atoms. The van der Waals surface area contributed by atoms with E-state index >= 15 is 0 Å². The fourth-order valence-electron chi connectivity index (χ4n) is 2.98. The van der Waals surface area contributed by atoms with Crippen LogP contribution in [-0.2, 0) is 11.2 Å². The van der Waals surface area contributed by atoms with Crippen molar-refractivity contribution in [1.82, 2.24) is 15.1 Å². The first-order chi connectivity index (χ1) is 13.3. The molecular weight excluding hydrogens is 363 g/mol. The summed E-state index contributed by atoms with van der Waals surface area (Å²) in [5.74, 6) is -0.518. The molecule has 8 heteroatoms. The second-order valence-electron chi connectivity index (χ2n) is 6.46. The Bertz CT molecular complexity index is 997. The molecule has 0 bridgehead atoms. The molecule has 3 aromatic rings. The lowest BCUT2D eigenvalue weighted by atomic mass is 10.1. The second kappa shape index (κ2) is 7.99. The monoisotopic (exact) mass is 382 g/mol. The fourth-order valence-corrected chi connectivity index (χ4v) is 2.98. The van der Waals surface area contributed by atoms with Crippen molar-refractivity contribution in [3.8, 4) is 5.69 Å². The summed E-state index contributed by atoms with van der Waals surface area (Å²) in [6.07, 6.45) is 1.79. The molecule has 0 saturated carbocycles. The van der Waals surface area contributed by atoms with Crippen LogP contribution in [0.1, 0.15) is 29.8 Å². The summed E-state index contributed by atoms with van der Waals surface area (Å²) in [4.78, 5) is 22.5. The Morgan fingerprint density at radius 3 is 2.46 bits per heavy atom. The third-order valence-electron chi connectivity index (χ3n) is 4.47. The smallest absolute Gasteiger partial charge is 0.269 e. The Kier molecular flexibility index (Phi) is 5.49. The van der Waals surface area contributed by atoms with Gasteiger partial charge in [0, 0.05) is 23.4 Å². The van der Waals surface area contributed by atoms with E-state index in [-0.39, 0.29) is 29.9 Å². The number of carbonyl (C=O) groups is 1. The number of amides is 1. The Balaban J connectivity index is 1.67. The molecule has 1 amide bonds. The summed E-state index contributed by atoms with van der Waals surface area (Å²) < 4.78 is 14.8. The Morgan fingerprint density at radius 2 is 1.86 bits per heavy atom. The van der Waals surface area contributed by atoms with Crippen LogP contribution in [0.15, 0.2) is 54.7 Å². The highest BCUT2D eigenvalue weighted by atomic mass is 19.1. The van der Waals surface area contributed by atoms with E-state index in [0.717, 1.165) is 16.9 Å². The SMILES string of the molecule is Cc1c(C(C)NC(=O)Cc2ccc([N+](=O)[O-])cc2)cnn1-c1ccc(F)cc1. The molecule has 1 aromatic heterocycles. The van der Waals surface area contributed by atoms with Crippen molar-refractivity contribution in [2.75, 3.05) is 0 Å². The first-order valence-corrected chi connectivity index (χ1v) is 8.68. The number of benzene rings is 2. The van der Waals surface area contributed by atoms with Crippen molar-refractivity contribution < 1.29 is 14.1 Å². The number of nitrogens with zero attached hydrogens (tertiary/aromatic N) is 3. The molecule has 0 aliphatic rings. The minimum absolute atomic E-state index is 0.0126. The van der Waals surface area contributed by atoms with Gasteiger partial charge in [-0.3, -0.25) is 14.9 Å². The zero-order valence-corrected chi connectivity index (χ0v) is 15.4. The van der Waals surface area contributed by atoms with E-state index in [0.29, 0.717) is 5.56 Å². The van der Waals surface area contributed by atoms with Crippen molar-refractivity contribution in [2.45, 2.75) is 26.3 Å². The molecular formula is C20H19FN4O3. The van der Waals surface area contributed by atoms with E-state index in [1.54, 1.807) is 35.1 Å². The normalized spacial score (nSPS) is 11.8. The molecule has 28 heavy (non-hydrogen) atoms. The van der Waals surface area contributed by atoms with Gasteiger partial charge >= 0.3 is 0 Å². The van der Waals surface area contributed by atoms with E-state index in [1.807, 2.05) is 13.8 Å². The van der Waals surface area contributed by atoms with Crippen molar-refractivity contribution in [2.24, 2.45) is 0 Å². The number of aromatic nitrogens is 2. The van der Waals surface area contributed by atoms with Crippen LogP contribution < -0.4 is 5.32 Å². The summed E-state index contributed by atoms with van der Waals surface area (Å²) in [5.41, 5.74) is 3.10. The predicted molar refractivity (Wildman–Crippen MR) is 102 cm³/mol. The van der Waals surface area contributed by atoms with Crippen molar-refractivity contribution in [1.29, 1.82) is 0 Å². The van der Waals surface area contributed by atoms with Gasteiger partial charge in [-0.1, -0.05) is 12.1 Å². The van der Waals surface area contributed by atoms with Crippen LogP contribution in [0.4, 0.5) is 10.1 Å². The number of rotatable bonds is 6. The van der Waals surface area contributed by atoms with Gasteiger partial charge in [-0.15, -0.1) is 0 Å². The minimum Gasteiger partial charge on any atom is -0.349 e. The lowest BCUT2D eigenvalue weighted by molar-refractivity contribution is -0.384. The standard InChI is InChI=1S/C20H19FN4O3/c1-13(23-20(26)11-15-3-7-18(8-4-15)25(27)28)19-12-22-24(14(19)2)17-9-5-16(21)6-10-17/h3-10,12-13H,11H2,1-2H3,(H,23,26). The van der Waals surface area contributed by atoms with E-state index in [2.05, 4.69) is 10.4 Å². The maximum atomic E-state index is 13.1. The minimum atomic E-state index is -0.479. The molecule has 1 unspecified atom stereocenters. The number of halogens is 1. The average Bonchev–Trinajstić information content (AvgIpc) is 3.04. The number of hydrogen-bond acceptors (Lipinski definition) is 4. The molecule has 1 N–H and O–H groups in total. The second-order valence-corrected chi connectivity index (χ2v) is 6.46. The largest absolute Gasteiger partial charge is 0.349 e. The number of nitro benzene ring substituents is 1. The van der Waals surface area contributed by atoms with Crippen LogP contribution in [0.3, 0.4) is 0 Å². The van der Waals surface area contributed by atoms with Crippen LogP contribution in [0.5, 0.6) is 0 Å². The summed E-state index contributed by atoms with van der Waals surface area (Å²) >= 11 is 0. The third kappa shape index (κ3) is 4.22. The summed E-state index contributed by atoms with van der Waals surface area (Å²) in [7, 11) is 0. The summed E-state index contributed by atoms with van der Waals surface area (Å²) in [6, 6.07) is 11.6. The van der Waals surface area contributed by atoms with Crippen molar-refractivity contribution in [3.05, 3.63) is 87.5 Å². The Hall–Kier alpha value is -3.55. The van der Waals surface area contributed by atoms with E-state index in [1.165, 1.54) is 24.3 Å². The molecule has 0 aliphatic heterocycles. The molecule has 1 atom stereocenters. The van der Waals surface area contributed by atoms with Gasteiger partial charge < -0.3 is 5.32 Å². The Labute approximate surface area is 161 Å². The quantitative estimate of drug-likeness (QED) is 0.520. The molecule has 0 fully saturated rings. The van der Waals surface area contributed by atoms with E-state index < -0.39 is 4.92 Å². The molecule has 0 aliphatic carbocycles. The Morgan fingerprint density at radius 1 is 1.21 bits per heavy atom. The highest BCUT2D eigenvalue weighted by Crippen LogP contribution is 2.20. The lowest BCUT2D eigenvalue weighted by Crippen LogP contribution is -2.28. The highest BCUT2D eigenvalue weighted by Gasteiger charge is 2.17. The molecule has 7 nitrogen and oxygen atoms in total. The van der Waals surface area contributed by atoms with Gasteiger partial charge in [0.05, 0.1) is 29.3 Å². The van der Waals surface area contributed by atoms with Crippen LogP contribution >= 0.6 is 0 Å². The number of nitrogens with one attached hydrogen (secondary N) is 1. The first-order valence-electron chi connectivity index (χ1n) is 8.68. The molecule has 0 saturated heterocycles. The third-order valence-corrected chi connectivity index (χ3v) is 4.47. The fraction of sp³-hybridized carbons (Fsp3) is 0.200. The maximum Gasteiger partial charge on any atom is 0.269 e. The molecule has 2 aromatic carbocycles. The van der Waals surface area contributed by atoms with Gasteiger partial charge in [0.25, 0.3) is 5.69 Å². The molecule has 0 radical (unpaired) electrons. The first kappa shape index (κ1) is 19.2. The van der Waals surface area contributed by atoms with E-state index in [4.69, 9.17) is 0 Å². The van der Waals surface area contributed by atoms with Gasteiger partial charge in [0.1, 0.15) is 5.82 Å². The number of hydrogen-bond donors (Lipinski definition) is 1. The molecule has 1 heterocycles. The topological polar surface area (TPSA) is 90.1 Å². The van der Waals surface area contributed by atoms with Crippen LogP contribution in [0, 0.1) is 22.9 Å². The van der Waals surface area contributed by atoms with Crippen LogP contribution in [-0.4, -0.2) is 20.6 Å².